The van der Waals surface area contributed by atoms with E-state index in [9.17, 15) is 4.79 Å². The molecule has 0 fully saturated rings. The van der Waals surface area contributed by atoms with Crippen LogP contribution in [0, 0.1) is 6.92 Å². The van der Waals surface area contributed by atoms with Gasteiger partial charge in [-0.25, -0.2) is 9.78 Å². The van der Waals surface area contributed by atoms with Gasteiger partial charge in [-0.2, -0.15) is 0 Å². The average molecular weight is 310 g/mol. The number of rotatable bonds is 6. The van der Waals surface area contributed by atoms with Crippen molar-refractivity contribution in [2.75, 3.05) is 11.9 Å². The number of thiophene rings is 1. The Bertz CT molecular complexity index is 577. The van der Waals surface area contributed by atoms with E-state index in [0.717, 1.165) is 11.6 Å². The van der Waals surface area contributed by atoms with Crippen molar-refractivity contribution in [3.63, 3.8) is 0 Å². The van der Waals surface area contributed by atoms with E-state index >= 15 is 0 Å². The third-order valence-electron chi connectivity index (χ3n) is 2.66. The maximum absolute atomic E-state index is 11.5. The number of carbonyl (C=O) groups is 1. The molecule has 0 spiro atoms. The van der Waals surface area contributed by atoms with E-state index in [4.69, 9.17) is 4.74 Å². The van der Waals surface area contributed by atoms with Crippen molar-refractivity contribution in [3.05, 3.63) is 33.0 Å². The number of thiazole rings is 1. The van der Waals surface area contributed by atoms with Gasteiger partial charge in [-0.3, -0.25) is 0 Å². The second kappa shape index (κ2) is 6.85. The van der Waals surface area contributed by atoms with Crippen LogP contribution in [0.4, 0.5) is 5.13 Å². The number of nitrogens with zero attached hydrogens (tertiary/aromatic N) is 1. The Balaban J connectivity index is 1.91. The molecule has 0 saturated heterocycles. The van der Waals surface area contributed by atoms with E-state index in [2.05, 4.69) is 36.3 Å². The predicted octanol–water partition coefficient (Wildman–Crippen LogP) is 3.73. The zero-order chi connectivity index (χ0) is 14.5. The van der Waals surface area contributed by atoms with Gasteiger partial charge in [0.2, 0.25) is 0 Å². The van der Waals surface area contributed by atoms with Gasteiger partial charge in [0.05, 0.1) is 6.61 Å². The minimum absolute atomic E-state index is 0.272. The number of ether oxygens (including phenoxy) is 1. The first kappa shape index (κ1) is 15.0. The number of anilines is 1. The molecule has 0 aromatic carbocycles. The molecule has 2 rings (SSSR count). The molecule has 6 heteroatoms. The number of hydrogen-bond acceptors (Lipinski definition) is 6. The van der Waals surface area contributed by atoms with Crippen LogP contribution in [-0.4, -0.2) is 23.6 Å². The molecule has 0 aliphatic heterocycles. The predicted molar refractivity (Wildman–Crippen MR) is 83.9 cm³/mol. The molecule has 0 radical (unpaired) electrons. The van der Waals surface area contributed by atoms with Crippen LogP contribution in [-0.2, 0) is 11.2 Å². The van der Waals surface area contributed by atoms with Crippen molar-refractivity contribution in [2.24, 2.45) is 0 Å². The van der Waals surface area contributed by atoms with Gasteiger partial charge in [0.25, 0.3) is 0 Å². The number of esters is 1. The molecule has 0 saturated carbocycles. The standard InChI is InChI=1S/C14H18N2O2S2/c1-4-18-13(17)12-8-19-14(16-12)15-9(2)7-11-6-5-10(3)20-11/h5-6,8-9H,4,7H2,1-3H3,(H,15,16). The lowest BCUT2D eigenvalue weighted by Crippen LogP contribution is -2.17. The molecular formula is C14H18N2O2S2. The summed E-state index contributed by atoms with van der Waals surface area (Å²) in [6, 6.07) is 4.56. The first-order valence-electron chi connectivity index (χ1n) is 6.53. The van der Waals surface area contributed by atoms with Crippen molar-refractivity contribution in [3.8, 4) is 0 Å². The van der Waals surface area contributed by atoms with Crippen molar-refractivity contribution < 1.29 is 9.53 Å². The molecule has 1 N–H and O–H groups in total. The first-order valence-corrected chi connectivity index (χ1v) is 8.22. The second-order valence-electron chi connectivity index (χ2n) is 4.52. The fraction of sp³-hybridized carbons (Fsp3) is 0.429. The Hall–Kier alpha value is -1.40. The van der Waals surface area contributed by atoms with Crippen molar-refractivity contribution in [2.45, 2.75) is 33.2 Å². The summed E-state index contributed by atoms with van der Waals surface area (Å²) in [5.74, 6) is -0.363. The number of aromatic nitrogens is 1. The lowest BCUT2D eigenvalue weighted by Gasteiger charge is -2.11. The molecule has 1 atom stereocenters. The highest BCUT2D eigenvalue weighted by molar-refractivity contribution is 7.14. The Kier molecular flexibility index (Phi) is 5.14. The highest BCUT2D eigenvalue weighted by Crippen LogP contribution is 2.20. The summed E-state index contributed by atoms with van der Waals surface area (Å²) < 4.78 is 4.92. The van der Waals surface area contributed by atoms with E-state index in [0.29, 0.717) is 12.3 Å². The zero-order valence-electron chi connectivity index (χ0n) is 11.8. The number of nitrogens with one attached hydrogen (secondary N) is 1. The van der Waals surface area contributed by atoms with Crippen molar-refractivity contribution in [1.82, 2.24) is 4.98 Å². The Morgan fingerprint density at radius 2 is 2.30 bits per heavy atom. The Labute approximate surface area is 126 Å². The topological polar surface area (TPSA) is 51.2 Å². The van der Waals surface area contributed by atoms with Gasteiger partial charge < -0.3 is 10.1 Å². The van der Waals surface area contributed by atoms with Gasteiger partial charge >= 0.3 is 5.97 Å². The lowest BCUT2D eigenvalue weighted by molar-refractivity contribution is 0.0520. The summed E-state index contributed by atoms with van der Waals surface area (Å²) in [7, 11) is 0. The minimum atomic E-state index is -0.363. The second-order valence-corrected chi connectivity index (χ2v) is 6.75. The molecular weight excluding hydrogens is 292 g/mol. The molecule has 2 aromatic rings. The summed E-state index contributed by atoms with van der Waals surface area (Å²) in [6.45, 7) is 6.38. The van der Waals surface area contributed by atoms with E-state index in [1.54, 1.807) is 12.3 Å². The van der Waals surface area contributed by atoms with Crippen LogP contribution in [0.15, 0.2) is 17.5 Å². The van der Waals surface area contributed by atoms with Crippen molar-refractivity contribution in [1.29, 1.82) is 0 Å². The quantitative estimate of drug-likeness (QED) is 0.826. The lowest BCUT2D eigenvalue weighted by atomic mass is 10.2. The van der Waals surface area contributed by atoms with Gasteiger partial charge in [0.15, 0.2) is 10.8 Å². The van der Waals surface area contributed by atoms with E-state index in [1.807, 2.05) is 11.3 Å². The number of carbonyl (C=O) groups excluding carboxylic acids is 1. The highest BCUT2D eigenvalue weighted by Gasteiger charge is 2.13. The normalized spacial score (nSPS) is 12.2. The summed E-state index contributed by atoms with van der Waals surface area (Å²) in [5, 5.41) is 5.81. The monoisotopic (exact) mass is 310 g/mol. The summed E-state index contributed by atoms with van der Waals surface area (Å²) in [4.78, 5) is 18.5. The first-order chi connectivity index (χ1) is 9.58. The average Bonchev–Trinajstić information content (AvgIpc) is 2.99. The molecule has 2 aromatic heterocycles. The molecule has 2 heterocycles. The van der Waals surface area contributed by atoms with Gasteiger partial charge in [0, 0.05) is 27.6 Å². The smallest absolute Gasteiger partial charge is 0.357 e. The highest BCUT2D eigenvalue weighted by atomic mass is 32.1. The third kappa shape index (κ3) is 4.05. The molecule has 20 heavy (non-hydrogen) atoms. The van der Waals surface area contributed by atoms with Gasteiger partial charge in [0.1, 0.15) is 0 Å². The maximum atomic E-state index is 11.5. The molecule has 0 aliphatic carbocycles. The van der Waals surface area contributed by atoms with Crippen LogP contribution >= 0.6 is 22.7 Å². The van der Waals surface area contributed by atoms with Gasteiger partial charge in [-0.15, -0.1) is 22.7 Å². The molecule has 1 unspecified atom stereocenters. The molecule has 0 bridgehead atoms. The fourth-order valence-corrected chi connectivity index (χ4v) is 3.61. The zero-order valence-corrected chi connectivity index (χ0v) is 13.4. The van der Waals surface area contributed by atoms with Crippen LogP contribution in [0.3, 0.4) is 0 Å². The maximum Gasteiger partial charge on any atom is 0.357 e. The number of aryl methyl sites for hydroxylation is 1. The largest absolute Gasteiger partial charge is 0.461 e. The summed E-state index contributed by atoms with van der Waals surface area (Å²) in [5.41, 5.74) is 0.374. The van der Waals surface area contributed by atoms with Gasteiger partial charge in [-0.05, 0) is 32.9 Å². The van der Waals surface area contributed by atoms with Crippen LogP contribution in [0.5, 0.6) is 0 Å². The van der Waals surface area contributed by atoms with Crippen LogP contribution in [0.1, 0.15) is 34.1 Å². The fourth-order valence-electron chi connectivity index (χ4n) is 1.80. The number of hydrogen-bond donors (Lipinski definition) is 1. The van der Waals surface area contributed by atoms with Crippen LogP contribution in [0.2, 0.25) is 0 Å². The van der Waals surface area contributed by atoms with Crippen molar-refractivity contribution >= 4 is 33.8 Å². The van der Waals surface area contributed by atoms with E-state index < -0.39 is 0 Å². The Morgan fingerprint density at radius 3 is 2.95 bits per heavy atom. The Morgan fingerprint density at radius 1 is 1.50 bits per heavy atom. The SMILES string of the molecule is CCOC(=O)c1csc(NC(C)Cc2ccc(C)s2)n1. The summed E-state index contributed by atoms with van der Waals surface area (Å²) in [6.07, 6.45) is 0.951. The van der Waals surface area contributed by atoms with Crippen LogP contribution < -0.4 is 5.32 Å². The third-order valence-corrected chi connectivity index (χ3v) is 4.46. The van der Waals surface area contributed by atoms with Gasteiger partial charge in [-0.1, -0.05) is 0 Å². The summed E-state index contributed by atoms with van der Waals surface area (Å²) >= 11 is 3.24. The van der Waals surface area contributed by atoms with Crippen LogP contribution in [0.25, 0.3) is 0 Å². The molecule has 0 amide bonds. The van der Waals surface area contributed by atoms with E-state index in [-0.39, 0.29) is 12.0 Å². The molecule has 4 nitrogen and oxygen atoms in total. The van der Waals surface area contributed by atoms with E-state index in [1.165, 1.54) is 21.1 Å². The molecule has 0 aliphatic rings. The molecule has 108 valence electrons. The minimum Gasteiger partial charge on any atom is -0.461 e.